The molecular formula is C16H25N3O4. The van der Waals surface area contributed by atoms with Crippen molar-refractivity contribution >= 4 is 11.9 Å². The number of carbonyl (C=O) groups is 2. The van der Waals surface area contributed by atoms with Gasteiger partial charge in [-0.05, 0) is 37.7 Å². The minimum atomic E-state index is -0.867. The molecule has 2 N–H and O–H groups in total. The van der Waals surface area contributed by atoms with Crippen molar-refractivity contribution in [3.63, 3.8) is 0 Å². The molecule has 1 fully saturated rings. The summed E-state index contributed by atoms with van der Waals surface area (Å²) in [5.41, 5.74) is 0.213. The number of rotatable bonds is 8. The van der Waals surface area contributed by atoms with Gasteiger partial charge in [0.25, 0.3) is 0 Å². The van der Waals surface area contributed by atoms with Crippen LogP contribution in [0.2, 0.25) is 0 Å². The Balaban J connectivity index is 1.88. The van der Waals surface area contributed by atoms with Crippen LogP contribution in [0.4, 0.5) is 0 Å². The fourth-order valence-corrected chi connectivity index (χ4v) is 3.14. The van der Waals surface area contributed by atoms with E-state index in [9.17, 15) is 14.7 Å². The largest absolute Gasteiger partial charge is 0.481 e. The van der Waals surface area contributed by atoms with E-state index in [-0.39, 0.29) is 12.5 Å². The van der Waals surface area contributed by atoms with Crippen LogP contribution in [0, 0.1) is 5.41 Å². The van der Waals surface area contributed by atoms with Crippen LogP contribution < -0.4 is 0 Å². The monoisotopic (exact) mass is 323 g/mol. The zero-order valence-electron chi connectivity index (χ0n) is 13.6. The third-order valence-electron chi connectivity index (χ3n) is 4.58. The number of nitrogens with zero attached hydrogens (tertiary/aromatic N) is 2. The SMILES string of the molecule is COCCC1(C(=O)O)CCCN(C(=O)CCCc2cn[nH]c2)C1. The molecule has 2 heterocycles. The molecular weight excluding hydrogens is 298 g/mol. The minimum Gasteiger partial charge on any atom is -0.481 e. The van der Waals surface area contributed by atoms with Gasteiger partial charge in [0.1, 0.15) is 0 Å². The number of carboxylic acids is 1. The Morgan fingerprint density at radius 2 is 2.35 bits per heavy atom. The van der Waals surface area contributed by atoms with Gasteiger partial charge in [-0.15, -0.1) is 0 Å². The number of hydrogen-bond donors (Lipinski definition) is 2. The molecule has 0 aromatic carbocycles. The molecule has 1 aliphatic heterocycles. The number of aryl methyl sites for hydroxylation is 1. The van der Waals surface area contributed by atoms with Gasteiger partial charge in [-0.2, -0.15) is 5.10 Å². The molecule has 2 rings (SSSR count). The molecule has 1 atom stereocenters. The summed E-state index contributed by atoms with van der Waals surface area (Å²) in [6.45, 7) is 1.33. The molecule has 0 spiro atoms. The highest BCUT2D eigenvalue weighted by Gasteiger charge is 2.43. The number of piperidine rings is 1. The lowest BCUT2D eigenvalue weighted by Crippen LogP contribution is -2.50. The standard InChI is InChI=1S/C16H25N3O4/c1-23-9-7-16(15(21)22)6-3-8-19(12-16)14(20)5-2-4-13-10-17-18-11-13/h10-11H,2-9,12H2,1H3,(H,17,18)(H,21,22). The molecule has 0 radical (unpaired) electrons. The van der Waals surface area contributed by atoms with Crippen molar-refractivity contribution in [1.82, 2.24) is 15.1 Å². The second-order valence-electron chi connectivity index (χ2n) is 6.21. The van der Waals surface area contributed by atoms with Gasteiger partial charge in [-0.3, -0.25) is 14.7 Å². The number of aromatic amines is 1. The number of amides is 1. The molecule has 7 nitrogen and oxygen atoms in total. The average molecular weight is 323 g/mol. The Hall–Kier alpha value is -1.89. The molecule has 23 heavy (non-hydrogen) atoms. The predicted molar refractivity (Wildman–Crippen MR) is 83.9 cm³/mol. The second kappa shape index (κ2) is 8.10. The van der Waals surface area contributed by atoms with Crippen LogP contribution in [0.15, 0.2) is 12.4 Å². The van der Waals surface area contributed by atoms with E-state index in [1.165, 1.54) is 0 Å². The number of hydrogen-bond acceptors (Lipinski definition) is 4. The summed E-state index contributed by atoms with van der Waals surface area (Å²) in [6.07, 6.45) is 7.32. The van der Waals surface area contributed by atoms with Crippen molar-refractivity contribution in [2.24, 2.45) is 5.41 Å². The van der Waals surface area contributed by atoms with E-state index >= 15 is 0 Å². The van der Waals surface area contributed by atoms with Crippen LogP contribution in [0.5, 0.6) is 0 Å². The number of aliphatic carboxylic acids is 1. The van der Waals surface area contributed by atoms with Crippen LogP contribution in [-0.2, 0) is 20.7 Å². The maximum absolute atomic E-state index is 12.4. The number of H-pyrrole nitrogens is 1. The van der Waals surface area contributed by atoms with Gasteiger partial charge in [-0.25, -0.2) is 0 Å². The molecule has 1 aliphatic rings. The van der Waals surface area contributed by atoms with Crippen molar-refractivity contribution < 1.29 is 19.4 Å². The predicted octanol–water partition coefficient (Wildman–Crippen LogP) is 1.46. The highest BCUT2D eigenvalue weighted by molar-refractivity contribution is 5.79. The number of carbonyl (C=O) groups excluding carboxylic acids is 1. The summed E-state index contributed by atoms with van der Waals surface area (Å²) in [6, 6.07) is 0. The van der Waals surface area contributed by atoms with E-state index in [1.54, 1.807) is 18.2 Å². The summed E-state index contributed by atoms with van der Waals surface area (Å²) in [4.78, 5) is 25.8. The quantitative estimate of drug-likeness (QED) is 0.755. The number of carboxylic acid groups (broad SMARTS) is 1. The number of likely N-dealkylation sites (tertiary alicyclic amines) is 1. The molecule has 1 unspecified atom stereocenters. The van der Waals surface area contributed by atoms with Crippen LogP contribution in [0.25, 0.3) is 0 Å². The molecule has 7 heteroatoms. The van der Waals surface area contributed by atoms with Gasteiger partial charge in [-0.1, -0.05) is 0 Å². The Bertz CT molecular complexity index is 517. The molecule has 1 aromatic heterocycles. The van der Waals surface area contributed by atoms with Crippen molar-refractivity contribution in [2.45, 2.75) is 38.5 Å². The van der Waals surface area contributed by atoms with Crippen LogP contribution in [-0.4, -0.2) is 58.9 Å². The smallest absolute Gasteiger partial charge is 0.311 e. The highest BCUT2D eigenvalue weighted by atomic mass is 16.5. The topological polar surface area (TPSA) is 95.5 Å². The van der Waals surface area contributed by atoms with Gasteiger partial charge < -0.3 is 14.7 Å². The lowest BCUT2D eigenvalue weighted by Gasteiger charge is -2.40. The van der Waals surface area contributed by atoms with E-state index in [2.05, 4.69) is 10.2 Å². The zero-order valence-corrected chi connectivity index (χ0v) is 13.6. The third kappa shape index (κ3) is 4.54. The Morgan fingerprint density at radius 1 is 1.52 bits per heavy atom. The molecule has 1 amide bonds. The fraction of sp³-hybridized carbons (Fsp3) is 0.688. The van der Waals surface area contributed by atoms with Crippen molar-refractivity contribution in [3.05, 3.63) is 18.0 Å². The van der Waals surface area contributed by atoms with E-state index in [0.717, 1.165) is 24.8 Å². The van der Waals surface area contributed by atoms with Gasteiger partial charge in [0.2, 0.25) is 5.91 Å². The highest BCUT2D eigenvalue weighted by Crippen LogP contribution is 2.34. The van der Waals surface area contributed by atoms with Crippen LogP contribution in [0.1, 0.15) is 37.7 Å². The van der Waals surface area contributed by atoms with E-state index in [4.69, 9.17) is 4.74 Å². The summed E-state index contributed by atoms with van der Waals surface area (Å²) < 4.78 is 5.05. The summed E-state index contributed by atoms with van der Waals surface area (Å²) in [7, 11) is 1.57. The maximum Gasteiger partial charge on any atom is 0.311 e. The number of methoxy groups -OCH3 is 1. The first-order valence-corrected chi connectivity index (χ1v) is 8.05. The van der Waals surface area contributed by atoms with Gasteiger partial charge >= 0.3 is 5.97 Å². The summed E-state index contributed by atoms with van der Waals surface area (Å²) >= 11 is 0. The van der Waals surface area contributed by atoms with Crippen LogP contribution >= 0.6 is 0 Å². The average Bonchev–Trinajstić information content (AvgIpc) is 3.06. The first-order chi connectivity index (χ1) is 11.1. The first kappa shape index (κ1) is 17.5. The van der Waals surface area contributed by atoms with Crippen molar-refractivity contribution in [1.29, 1.82) is 0 Å². The Labute approximate surface area is 136 Å². The second-order valence-corrected chi connectivity index (χ2v) is 6.21. The Morgan fingerprint density at radius 3 is 3.00 bits per heavy atom. The molecule has 1 saturated heterocycles. The maximum atomic E-state index is 12.4. The van der Waals surface area contributed by atoms with Crippen molar-refractivity contribution in [2.75, 3.05) is 26.8 Å². The van der Waals surface area contributed by atoms with Gasteiger partial charge in [0, 0.05) is 39.4 Å². The lowest BCUT2D eigenvalue weighted by molar-refractivity contribution is -0.156. The lowest BCUT2D eigenvalue weighted by atomic mass is 9.77. The number of ether oxygens (including phenoxy) is 1. The minimum absolute atomic E-state index is 0.0382. The van der Waals surface area contributed by atoms with E-state index in [0.29, 0.717) is 32.4 Å². The first-order valence-electron chi connectivity index (χ1n) is 8.05. The van der Waals surface area contributed by atoms with Crippen LogP contribution in [0.3, 0.4) is 0 Å². The molecule has 128 valence electrons. The summed E-state index contributed by atoms with van der Waals surface area (Å²) in [5, 5.41) is 16.2. The van der Waals surface area contributed by atoms with E-state index in [1.807, 2.05) is 6.20 Å². The van der Waals surface area contributed by atoms with Crippen molar-refractivity contribution in [3.8, 4) is 0 Å². The number of aromatic nitrogens is 2. The Kier molecular flexibility index (Phi) is 6.15. The third-order valence-corrected chi connectivity index (χ3v) is 4.58. The molecule has 1 aromatic rings. The van der Waals surface area contributed by atoms with Gasteiger partial charge in [0.15, 0.2) is 0 Å². The molecule has 0 saturated carbocycles. The molecule has 0 bridgehead atoms. The number of nitrogens with one attached hydrogen (secondary N) is 1. The van der Waals surface area contributed by atoms with E-state index < -0.39 is 11.4 Å². The normalized spacial score (nSPS) is 21.3. The van der Waals surface area contributed by atoms with Gasteiger partial charge in [0.05, 0.1) is 11.6 Å². The zero-order chi connectivity index (χ0) is 16.7. The fourth-order valence-electron chi connectivity index (χ4n) is 3.14. The summed E-state index contributed by atoms with van der Waals surface area (Å²) in [5.74, 6) is -0.790. The molecule has 0 aliphatic carbocycles.